The molecule has 1 fully saturated rings. The summed E-state index contributed by atoms with van der Waals surface area (Å²) < 4.78 is 6.20. The van der Waals surface area contributed by atoms with Gasteiger partial charge in [0.1, 0.15) is 5.75 Å². The van der Waals surface area contributed by atoms with Crippen molar-refractivity contribution in [3.63, 3.8) is 0 Å². The minimum atomic E-state index is -0.00501. The first-order valence-corrected chi connectivity index (χ1v) is 11.2. The van der Waals surface area contributed by atoms with E-state index in [0.29, 0.717) is 19.5 Å². The van der Waals surface area contributed by atoms with Crippen molar-refractivity contribution < 1.29 is 14.3 Å². The zero-order valence-electron chi connectivity index (χ0n) is 15.9. The van der Waals surface area contributed by atoms with Crippen LogP contribution in [-0.4, -0.2) is 42.5 Å². The number of ether oxygens (including phenoxy) is 1. The lowest BCUT2D eigenvalue weighted by Crippen LogP contribution is -2.40. The molecule has 2 aromatic carbocycles. The van der Waals surface area contributed by atoms with Crippen LogP contribution in [0.5, 0.6) is 5.75 Å². The average molecular weight is 462 g/mol. The maximum Gasteiger partial charge on any atom is 0.223 e. The maximum atomic E-state index is 12.7. The van der Waals surface area contributed by atoms with Crippen molar-refractivity contribution >= 4 is 39.4 Å². The summed E-state index contributed by atoms with van der Waals surface area (Å²) in [5.41, 5.74) is 0.719. The van der Waals surface area contributed by atoms with E-state index < -0.39 is 0 Å². The second-order valence-electron chi connectivity index (χ2n) is 6.80. The van der Waals surface area contributed by atoms with Crippen LogP contribution in [-0.2, 0) is 4.79 Å². The highest BCUT2D eigenvalue weighted by atomic mass is 79.9. The van der Waals surface area contributed by atoms with E-state index in [1.54, 1.807) is 18.9 Å². The molecule has 1 heterocycles. The lowest BCUT2D eigenvalue weighted by Gasteiger charge is -2.31. The van der Waals surface area contributed by atoms with E-state index in [2.05, 4.69) is 28.1 Å². The number of likely N-dealkylation sites (tertiary alicyclic amines) is 1. The van der Waals surface area contributed by atoms with Crippen LogP contribution in [0.1, 0.15) is 29.6 Å². The monoisotopic (exact) mass is 461 g/mol. The third-order valence-corrected chi connectivity index (χ3v) is 6.53. The van der Waals surface area contributed by atoms with E-state index in [1.807, 2.05) is 41.3 Å². The van der Waals surface area contributed by atoms with E-state index in [0.717, 1.165) is 34.4 Å². The average Bonchev–Trinajstić information content (AvgIpc) is 2.74. The molecule has 3 rings (SSSR count). The highest BCUT2D eigenvalue weighted by Crippen LogP contribution is 2.25. The molecule has 0 bridgehead atoms. The molecule has 0 saturated carbocycles. The van der Waals surface area contributed by atoms with Crippen LogP contribution in [0.15, 0.2) is 57.9 Å². The van der Waals surface area contributed by atoms with E-state index in [1.165, 1.54) is 4.90 Å². The summed E-state index contributed by atoms with van der Waals surface area (Å²) >= 11 is 5.12. The van der Waals surface area contributed by atoms with E-state index in [-0.39, 0.29) is 17.6 Å². The van der Waals surface area contributed by atoms with Gasteiger partial charge in [-0.3, -0.25) is 9.59 Å². The van der Waals surface area contributed by atoms with Gasteiger partial charge < -0.3 is 9.64 Å². The number of thioether (sulfide) groups is 1. The Balaban J connectivity index is 1.43. The first kappa shape index (κ1) is 20.9. The molecular weight excluding hydrogens is 438 g/mol. The highest BCUT2D eigenvalue weighted by Gasteiger charge is 2.27. The van der Waals surface area contributed by atoms with Crippen molar-refractivity contribution in [2.75, 3.05) is 26.0 Å². The topological polar surface area (TPSA) is 46.6 Å². The number of ketones is 1. The van der Waals surface area contributed by atoms with Gasteiger partial charge in [-0.25, -0.2) is 0 Å². The summed E-state index contributed by atoms with van der Waals surface area (Å²) in [5, 5.41) is 0. The number of carbonyl (C=O) groups excluding carboxylic acids is 2. The summed E-state index contributed by atoms with van der Waals surface area (Å²) in [6.45, 7) is 1.32. The second kappa shape index (κ2) is 10.1. The van der Waals surface area contributed by atoms with Crippen molar-refractivity contribution in [1.82, 2.24) is 4.90 Å². The third-order valence-electron chi connectivity index (χ3n) is 4.99. The third kappa shape index (κ3) is 5.61. The van der Waals surface area contributed by atoms with Crippen LogP contribution in [0, 0.1) is 5.92 Å². The predicted octanol–water partition coefficient (Wildman–Crippen LogP) is 5.06. The molecule has 1 saturated heterocycles. The van der Waals surface area contributed by atoms with Crippen molar-refractivity contribution in [1.29, 1.82) is 0 Å². The molecule has 0 spiro atoms. The van der Waals surface area contributed by atoms with Crippen LogP contribution in [0.3, 0.4) is 0 Å². The largest absolute Gasteiger partial charge is 0.497 e. The number of halogens is 1. The molecular formula is C22H24BrNO3S. The molecule has 0 atom stereocenters. The Labute approximate surface area is 178 Å². The van der Waals surface area contributed by atoms with Gasteiger partial charge in [-0.1, -0.05) is 15.9 Å². The highest BCUT2D eigenvalue weighted by molar-refractivity contribution is 9.10. The fraction of sp³-hybridized carbons (Fsp3) is 0.364. The molecule has 0 aromatic heterocycles. The summed E-state index contributed by atoms with van der Waals surface area (Å²) in [6, 6.07) is 15.4. The molecule has 0 aliphatic carbocycles. The Morgan fingerprint density at radius 2 is 1.71 bits per heavy atom. The van der Waals surface area contributed by atoms with Gasteiger partial charge in [0.15, 0.2) is 5.78 Å². The number of piperidine rings is 1. The standard InChI is InChI=1S/C22H24BrNO3S/c1-27-19-6-2-16(3-7-19)22(26)17-10-13-24(14-11-17)21(25)12-15-28-20-8-4-18(23)5-9-20/h2-9,17H,10-15H2,1H3. The van der Waals surface area contributed by atoms with Gasteiger partial charge in [0.05, 0.1) is 7.11 Å². The maximum absolute atomic E-state index is 12.7. The summed E-state index contributed by atoms with van der Waals surface area (Å²) in [7, 11) is 1.61. The number of rotatable bonds is 7. The molecule has 1 amide bonds. The van der Waals surface area contributed by atoms with Crippen molar-refractivity contribution in [2.45, 2.75) is 24.2 Å². The van der Waals surface area contributed by atoms with Crippen LogP contribution in [0.4, 0.5) is 0 Å². The Morgan fingerprint density at radius 1 is 1.07 bits per heavy atom. The van der Waals surface area contributed by atoms with Crippen molar-refractivity contribution in [3.8, 4) is 5.75 Å². The van der Waals surface area contributed by atoms with Crippen LogP contribution in [0.25, 0.3) is 0 Å². The number of hydrogen-bond acceptors (Lipinski definition) is 4. The fourth-order valence-corrected chi connectivity index (χ4v) is 4.43. The number of methoxy groups -OCH3 is 1. The van der Waals surface area contributed by atoms with Gasteiger partial charge in [-0.05, 0) is 61.4 Å². The number of amides is 1. The Kier molecular flexibility index (Phi) is 7.57. The molecule has 0 unspecified atom stereocenters. The Hall–Kier alpha value is -1.79. The van der Waals surface area contributed by atoms with E-state index in [4.69, 9.17) is 4.74 Å². The molecule has 28 heavy (non-hydrogen) atoms. The first-order valence-electron chi connectivity index (χ1n) is 9.41. The van der Waals surface area contributed by atoms with Gasteiger partial charge >= 0.3 is 0 Å². The van der Waals surface area contributed by atoms with Gasteiger partial charge in [-0.2, -0.15) is 0 Å². The molecule has 2 aromatic rings. The molecule has 4 nitrogen and oxygen atoms in total. The van der Waals surface area contributed by atoms with Crippen LogP contribution in [0.2, 0.25) is 0 Å². The lowest BCUT2D eigenvalue weighted by molar-refractivity contribution is -0.131. The van der Waals surface area contributed by atoms with Gasteiger partial charge in [0, 0.05) is 46.1 Å². The Bertz CT molecular complexity index is 800. The van der Waals surface area contributed by atoms with Gasteiger partial charge in [0.2, 0.25) is 5.91 Å². The summed E-state index contributed by atoms with van der Waals surface area (Å²) in [6.07, 6.45) is 1.99. The van der Waals surface area contributed by atoms with Crippen molar-refractivity contribution in [3.05, 3.63) is 58.6 Å². The molecule has 148 valence electrons. The van der Waals surface area contributed by atoms with Gasteiger partial charge in [-0.15, -0.1) is 11.8 Å². The molecule has 1 aliphatic rings. The number of benzene rings is 2. The van der Waals surface area contributed by atoms with E-state index in [9.17, 15) is 9.59 Å². The first-order chi connectivity index (χ1) is 13.6. The lowest BCUT2D eigenvalue weighted by atomic mass is 9.89. The zero-order chi connectivity index (χ0) is 19.9. The fourth-order valence-electron chi connectivity index (χ4n) is 3.33. The number of nitrogens with zero attached hydrogens (tertiary/aromatic N) is 1. The predicted molar refractivity (Wildman–Crippen MR) is 116 cm³/mol. The number of hydrogen-bond donors (Lipinski definition) is 0. The number of Topliss-reactive ketones (excluding diaryl/α,β-unsaturated/α-hetero) is 1. The second-order valence-corrected chi connectivity index (χ2v) is 8.88. The Morgan fingerprint density at radius 3 is 2.32 bits per heavy atom. The molecule has 0 radical (unpaired) electrons. The SMILES string of the molecule is COc1ccc(C(=O)C2CCN(C(=O)CCSc3ccc(Br)cc3)CC2)cc1. The molecule has 6 heteroatoms. The van der Waals surface area contributed by atoms with Gasteiger partial charge in [0.25, 0.3) is 0 Å². The summed E-state index contributed by atoms with van der Waals surface area (Å²) in [4.78, 5) is 28.2. The minimum Gasteiger partial charge on any atom is -0.497 e. The number of carbonyl (C=O) groups is 2. The summed E-state index contributed by atoms with van der Waals surface area (Å²) in [5.74, 6) is 1.86. The van der Waals surface area contributed by atoms with E-state index >= 15 is 0 Å². The minimum absolute atomic E-state index is 0.00501. The zero-order valence-corrected chi connectivity index (χ0v) is 18.3. The molecule has 1 aliphatic heterocycles. The molecule has 0 N–H and O–H groups in total. The van der Waals surface area contributed by atoms with Crippen molar-refractivity contribution in [2.24, 2.45) is 5.92 Å². The quantitative estimate of drug-likeness (QED) is 0.426. The van der Waals surface area contributed by atoms with Crippen LogP contribution < -0.4 is 4.74 Å². The van der Waals surface area contributed by atoms with Crippen LogP contribution >= 0.6 is 27.7 Å². The smallest absolute Gasteiger partial charge is 0.223 e. The normalized spacial score (nSPS) is 14.7.